The van der Waals surface area contributed by atoms with Crippen LogP contribution in [0.15, 0.2) is 0 Å². The number of anilines is 1. The monoisotopic (exact) mass is 306 g/mol. The Hall–Kier alpha value is -1.73. The van der Waals surface area contributed by atoms with Crippen LogP contribution in [0.2, 0.25) is 0 Å². The fraction of sp³-hybridized carbons (Fsp3) is 0.500. The van der Waals surface area contributed by atoms with Crippen LogP contribution in [0, 0.1) is 13.8 Å². The van der Waals surface area contributed by atoms with Crippen LogP contribution in [0.25, 0.3) is 10.2 Å². The van der Waals surface area contributed by atoms with Crippen LogP contribution in [-0.4, -0.2) is 46.8 Å². The maximum absolute atomic E-state index is 12.7. The third-order valence-electron chi connectivity index (χ3n) is 3.96. The van der Waals surface area contributed by atoms with E-state index in [4.69, 9.17) is 10.5 Å². The molecule has 0 bridgehead atoms. The number of aromatic nitrogens is 2. The molecule has 1 atom stereocenters. The molecular weight excluding hydrogens is 288 g/mol. The van der Waals surface area contributed by atoms with Gasteiger partial charge in [0, 0.05) is 11.9 Å². The summed E-state index contributed by atoms with van der Waals surface area (Å²) in [6, 6.07) is 0.0600. The van der Waals surface area contributed by atoms with Crippen molar-refractivity contribution in [1.29, 1.82) is 0 Å². The lowest BCUT2D eigenvalue weighted by atomic mass is 10.1. The van der Waals surface area contributed by atoms with Crippen molar-refractivity contribution < 1.29 is 9.53 Å². The number of ether oxygens (including phenoxy) is 1. The van der Waals surface area contributed by atoms with Crippen LogP contribution in [0.5, 0.6) is 0 Å². The number of thiophene rings is 1. The fourth-order valence-electron chi connectivity index (χ4n) is 2.56. The molecule has 6 nitrogen and oxygen atoms in total. The highest BCUT2D eigenvalue weighted by atomic mass is 32.1. The molecule has 3 rings (SSSR count). The van der Waals surface area contributed by atoms with Gasteiger partial charge in [0.15, 0.2) is 0 Å². The summed E-state index contributed by atoms with van der Waals surface area (Å²) in [4.78, 5) is 15.8. The largest absolute Gasteiger partial charge is 0.397 e. The first kappa shape index (κ1) is 14.2. The van der Waals surface area contributed by atoms with Gasteiger partial charge in [-0.15, -0.1) is 16.4 Å². The van der Waals surface area contributed by atoms with Crippen molar-refractivity contribution in [2.75, 3.05) is 25.5 Å². The molecule has 0 radical (unpaired) electrons. The van der Waals surface area contributed by atoms with Gasteiger partial charge in [0.05, 0.1) is 30.6 Å². The molecule has 112 valence electrons. The highest BCUT2D eigenvalue weighted by molar-refractivity contribution is 7.21. The number of nitrogen functional groups attached to an aromatic ring is 1. The Bertz CT molecular complexity index is 713. The van der Waals surface area contributed by atoms with Gasteiger partial charge in [0.2, 0.25) is 0 Å². The molecule has 1 aliphatic heterocycles. The Labute approximate surface area is 126 Å². The van der Waals surface area contributed by atoms with E-state index >= 15 is 0 Å². The van der Waals surface area contributed by atoms with Crippen LogP contribution in [0.4, 0.5) is 5.69 Å². The van der Waals surface area contributed by atoms with Gasteiger partial charge in [-0.25, -0.2) is 0 Å². The topological polar surface area (TPSA) is 81.3 Å². The minimum absolute atomic E-state index is 0.0386. The zero-order valence-electron chi connectivity index (χ0n) is 12.3. The molecule has 2 aromatic heterocycles. The lowest BCUT2D eigenvalue weighted by Gasteiger charge is -2.33. The second-order valence-corrected chi connectivity index (χ2v) is 6.36. The zero-order chi connectivity index (χ0) is 15.1. The number of amides is 1. The van der Waals surface area contributed by atoms with E-state index in [1.165, 1.54) is 11.3 Å². The first-order chi connectivity index (χ1) is 10.0. The molecular formula is C14H18N4O2S. The number of rotatable bonds is 1. The Morgan fingerprint density at radius 1 is 1.43 bits per heavy atom. The SMILES string of the molecule is Cc1nnc2sc(C(=O)N3CCOCC3C)c(N)c2c1C. The number of nitrogens with two attached hydrogens (primary N) is 1. The Kier molecular flexibility index (Phi) is 3.54. The highest BCUT2D eigenvalue weighted by Gasteiger charge is 2.29. The minimum atomic E-state index is -0.0386. The number of morpholine rings is 1. The number of aryl methyl sites for hydroxylation is 2. The van der Waals surface area contributed by atoms with Gasteiger partial charge in [-0.1, -0.05) is 0 Å². The highest BCUT2D eigenvalue weighted by Crippen LogP contribution is 2.35. The van der Waals surface area contributed by atoms with Crippen LogP contribution < -0.4 is 5.73 Å². The predicted octanol–water partition coefficient (Wildman–Crippen LogP) is 1.75. The molecule has 0 aromatic carbocycles. The quantitative estimate of drug-likeness (QED) is 0.868. The average molecular weight is 306 g/mol. The molecule has 1 unspecified atom stereocenters. The summed E-state index contributed by atoms with van der Waals surface area (Å²) in [6.07, 6.45) is 0. The van der Waals surface area contributed by atoms with Crippen LogP contribution in [0.3, 0.4) is 0 Å². The van der Waals surface area contributed by atoms with Crippen molar-refractivity contribution in [1.82, 2.24) is 15.1 Å². The molecule has 21 heavy (non-hydrogen) atoms. The summed E-state index contributed by atoms with van der Waals surface area (Å²) in [7, 11) is 0. The molecule has 0 spiro atoms. The maximum Gasteiger partial charge on any atom is 0.266 e. The van der Waals surface area contributed by atoms with Crippen molar-refractivity contribution in [2.45, 2.75) is 26.8 Å². The summed E-state index contributed by atoms with van der Waals surface area (Å²) in [5.74, 6) is -0.0386. The molecule has 1 saturated heterocycles. The summed E-state index contributed by atoms with van der Waals surface area (Å²) in [5, 5.41) is 9.13. The molecule has 7 heteroatoms. The van der Waals surface area contributed by atoms with Gasteiger partial charge in [-0.05, 0) is 26.3 Å². The predicted molar refractivity (Wildman–Crippen MR) is 82.6 cm³/mol. The minimum Gasteiger partial charge on any atom is -0.397 e. The normalized spacial score (nSPS) is 19.2. The number of hydrogen-bond acceptors (Lipinski definition) is 6. The van der Waals surface area contributed by atoms with Crippen molar-refractivity contribution in [3.63, 3.8) is 0 Å². The van der Waals surface area contributed by atoms with E-state index in [1.807, 2.05) is 25.7 Å². The molecule has 1 fully saturated rings. The van der Waals surface area contributed by atoms with Gasteiger partial charge in [-0.2, -0.15) is 5.10 Å². The second kappa shape index (κ2) is 5.23. The molecule has 1 aliphatic rings. The molecule has 0 aliphatic carbocycles. The zero-order valence-corrected chi connectivity index (χ0v) is 13.2. The van der Waals surface area contributed by atoms with E-state index < -0.39 is 0 Å². The van der Waals surface area contributed by atoms with Crippen LogP contribution >= 0.6 is 11.3 Å². The molecule has 2 aromatic rings. The van der Waals surface area contributed by atoms with Crippen molar-refractivity contribution in [3.8, 4) is 0 Å². The maximum atomic E-state index is 12.7. The van der Waals surface area contributed by atoms with E-state index in [0.717, 1.165) is 21.5 Å². The number of carbonyl (C=O) groups is 1. The summed E-state index contributed by atoms with van der Waals surface area (Å²) in [6.45, 7) is 7.56. The first-order valence-electron chi connectivity index (χ1n) is 6.91. The van der Waals surface area contributed by atoms with E-state index in [9.17, 15) is 4.79 Å². The fourth-order valence-corrected chi connectivity index (χ4v) is 3.62. The van der Waals surface area contributed by atoms with Crippen molar-refractivity contribution in [2.24, 2.45) is 0 Å². The van der Waals surface area contributed by atoms with E-state index in [0.29, 0.717) is 30.3 Å². The van der Waals surface area contributed by atoms with Gasteiger partial charge in [-0.3, -0.25) is 4.79 Å². The molecule has 0 saturated carbocycles. The third-order valence-corrected chi connectivity index (χ3v) is 5.04. The van der Waals surface area contributed by atoms with Crippen LogP contribution in [0.1, 0.15) is 27.9 Å². The van der Waals surface area contributed by atoms with E-state index in [-0.39, 0.29) is 11.9 Å². The summed E-state index contributed by atoms with van der Waals surface area (Å²) >= 11 is 1.32. The number of nitrogens with zero attached hydrogens (tertiary/aromatic N) is 3. The number of fused-ring (bicyclic) bond motifs is 1. The van der Waals surface area contributed by atoms with Crippen molar-refractivity contribution >= 4 is 33.1 Å². The summed E-state index contributed by atoms with van der Waals surface area (Å²) < 4.78 is 5.38. The Balaban J connectivity index is 2.06. The number of carbonyl (C=O) groups excluding carboxylic acids is 1. The van der Waals surface area contributed by atoms with Crippen molar-refractivity contribution in [3.05, 3.63) is 16.1 Å². The van der Waals surface area contributed by atoms with E-state index in [1.54, 1.807) is 0 Å². The second-order valence-electron chi connectivity index (χ2n) is 5.36. The van der Waals surface area contributed by atoms with Gasteiger partial charge in [0.1, 0.15) is 9.71 Å². The van der Waals surface area contributed by atoms with Crippen LogP contribution in [-0.2, 0) is 4.74 Å². The Morgan fingerprint density at radius 3 is 2.90 bits per heavy atom. The molecule has 3 heterocycles. The third kappa shape index (κ3) is 2.26. The van der Waals surface area contributed by atoms with Gasteiger partial charge in [0.25, 0.3) is 5.91 Å². The summed E-state index contributed by atoms with van der Waals surface area (Å²) in [5.41, 5.74) is 8.58. The molecule has 2 N–H and O–H groups in total. The first-order valence-corrected chi connectivity index (χ1v) is 7.73. The Morgan fingerprint density at radius 2 is 2.19 bits per heavy atom. The standard InChI is InChI=1S/C14H18N4O2S/c1-7-6-20-5-4-18(7)14(19)12-11(15)10-8(2)9(3)16-17-13(10)21-12/h7H,4-6,15H2,1-3H3. The van der Waals surface area contributed by atoms with E-state index in [2.05, 4.69) is 10.2 Å². The number of hydrogen-bond donors (Lipinski definition) is 1. The van der Waals surface area contributed by atoms with Gasteiger partial charge < -0.3 is 15.4 Å². The average Bonchev–Trinajstić information content (AvgIpc) is 2.80. The lowest BCUT2D eigenvalue weighted by Crippen LogP contribution is -2.47. The van der Waals surface area contributed by atoms with Gasteiger partial charge >= 0.3 is 0 Å². The smallest absolute Gasteiger partial charge is 0.266 e. The lowest BCUT2D eigenvalue weighted by molar-refractivity contribution is 0.00392. The molecule has 1 amide bonds.